The van der Waals surface area contributed by atoms with E-state index < -0.39 is 5.97 Å². The highest BCUT2D eigenvalue weighted by molar-refractivity contribution is 5.97. The van der Waals surface area contributed by atoms with Gasteiger partial charge >= 0.3 is 5.97 Å². The molecule has 3 rings (SSSR count). The van der Waals surface area contributed by atoms with E-state index in [1.165, 1.54) is 0 Å². The van der Waals surface area contributed by atoms with Gasteiger partial charge in [0.25, 0.3) is 0 Å². The van der Waals surface area contributed by atoms with E-state index in [1.54, 1.807) is 35.9 Å². The highest BCUT2D eigenvalue weighted by atomic mass is 16.4. The average Bonchev–Trinajstić information content (AvgIpc) is 2.90. The van der Waals surface area contributed by atoms with Gasteiger partial charge in [-0.3, -0.25) is 0 Å². The number of benzene rings is 1. The van der Waals surface area contributed by atoms with Crippen LogP contribution in [-0.4, -0.2) is 25.3 Å². The predicted octanol–water partition coefficient (Wildman–Crippen LogP) is 2.59. The first-order valence-electron chi connectivity index (χ1n) is 6.16. The summed E-state index contributed by atoms with van der Waals surface area (Å²) in [4.78, 5) is 11.1. The standard InChI is InChI=1S/C15H14N2O3/c1-16-8-11(10-7-9(18)3-4-12(10)16)13-5-6-14(15(19)20)17(13)2/h3-8,18H,1-2H3,(H,19,20). The molecule has 0 aliphatic heterocycles. The average molecular weight is 270 g/mol. The van der Waals surface area contributed by atoms with E-state index in [2.05, 4.69) is 0 Å². The topological polar surface area (TPSA) is 67.4 Å². The molecule has 0 radical (unpaired) electrons. The maximum absolute atomic E-state index is 11.1. The summed E-state index contributed by atoms with van der Waals surface area (Å²) in [5.41, 5.74) is 2.92. The Labute approximate surface area is 115 Å². The van der Waals surface area contributed by atoms with Crippen molar-refractivity contribution in [2.75, 3.05) is 0 Å². The molecule has 0 fully saturated rings. The maximum atomic E-state index is 11.1. The molecule has 3 aromatic rings. The van der Waals surface area contributed by atoms with E-state index in [1.807, 2.05) is 23.9 Å². The van der Waals surface area contributed by atoms with Gasteiger partial charge in [-0.2, -0.15) is 0 Å². The highest BCUT2D eigenvalue weighted by Crippen LogP contribution is 2.33. The molecule has 2 heterocycles. The molecule has 0 unspecified atom stereocenters. The number of fused-ring (bicyclic) bond motifs is 1. The first-order chi connectivity index (χ1) is 9.49. The fraction of sp³-hybridized carbons (Fsp3) is 0.133. The molecule has 1 aromatic carbocycles. The summed E-state index contributed by atoms with van der Waals surface area (Å²) in [6, 6.07) is 8.54. The van der Waals surface area contributed by atoms with Gasteiger partial charge in [-0.15, -0.1) is 0 Å². The Balaban J connectivity index is 2.30. The lowest BCUT2D eigenvalue weighted by atomic mass is 10.1. The molecule has 0 saturated heterocycles. The summed E-state index contributed by atoms with van der Waals surface area (Å²) in [6.07, 6.45) is 1.94. The molecule has 2 N–H and O–H groups in total. The number of carbonyl (C=O) groups is 1. The van der Waals surface area contributed by atoms with Crippen LogP contribution in [0.5, 0.6) is 5.75 Å². The fourth-order valence-electron chi connectivity index (χ4n) is 2.58. The van der Waals surface area contributed by atoms with Crippen LogP contribution in [0.4, 0.5) is 0 Å². The summed E-state index contributed by atoms with van der Waals surface area (Å²) in [7, 11) is 3.64. The van der Waals surface area contributed by atoms with Crippen molar-refractivity contribution in [2.24, 2.45) is 14.1 Å². The Morgan fingerprint density at radius 3 is 2.55 bits per heavy atom. The number of aromatic carboxylic acids is 1. The fourth-order valence-corrected chi connectivity index (χ4v) is 2.58. The van der Waals surface area contributed by atoms with Crippen LogP contribution in [0, 0.1) is 0 Å². The summed E-state index contributed by atoms with van der Waals surface area (Å²) in [6.45, 7) is 0. The molecular formula is C15H14N2O3. The molecule has 0 spiro atoms. The molecule has 0 aliphatic rings. The second-order valence-electron chi connectivity index (χ2n) is 4.82. The minimum atomic E-state index is -0.957. The summed E-state index contributed by atoms with van der Waals surface area (Å²) >= 11 is 0. The number of phenolic OH excluding ortho intramolecular Hbond substituents is 1. The third-order valence-corrected chi connectivity index (χ3v) is 3.59. The second-order valence-corrected chi connectivity index (χ2v) is 4.82. The zero-order valence-electron chi connectivity index (χ0n) is 11.2. The van der Waals surface area contributed by atoms with Crippen LogP contribution >= 0.6 is 0 Å². The van der Waals surface area contributed by atoms with Crippen LogP contribution in [0.25, 0.3) is 22.2 Å². The monoisotopic (exact) mass is 270 g/mol. The summed E-state index contributed by atoms with van der Waals surface area (Å²) in [5.74, 6) is -0.764. The van der Waals surface area contributed by atoms with E-state index in [9.17, 15) is 9.90 Å². The van der Waals surface area contributed by atoms with E-state index in [0.29, 0.717) is 0 Å². The van der Waals surface area contributed by atoms with Crippen molar-refractivity contribution >= 4 is 16.9 Å². The lowest BCUT2D eigenvalue weighted by molar-refractivity contribution is 0.0686. The van der Waals surface area contributed by atoms with Gasteiger partial charge in [0.2, 0.25) is 0 Å². The number of aromatic nitrogens is 2. The van der Waals surface area contributed by atoms with Crippen molar-refractivity contribution in [3.63, 3.8) is 0 Å². The molecule has 0 aliphatic carbocycles. The van der Waals surface area contributed by atoms with Crippen LogP contribution in [0.15, 0.2) is 36.5 Å². The van der Waals surface area contributed by atoms with Gasteiger partial charge in [-0.25, -0.2) is 4.79 Å². The molecule has 102 valence electrons. The van der Waals surface area contributed by atoms with Gasteiger partial charge in [-0.1, -0.05) is 0 Å². The van der Waals surface area contributed by atoms with Gasteiger partial charge in [0.15, 0.2) is 0 Å². The predicted molar refractivity (Wildman–Crippen MR) is 76.0 cm³/mol. The SMILES string of the molecule is Cn1c(C(=O)O)ccc1-c1cn(C)c2ccc(O)cc12. The number of aromatic hydroxyl groups is 1. The lowest BCUT2D eigenvalue weighted by Gasteiger charge is -2.04. The molecule has 0 amide bonds. The Bertz CT molecular complexity index is 827. The van der Waals surface area contributed by atoms with Gasteiger partial charge in [0.1, 0.15) is 11.4 Å². The molecule has 5 nitrogen and oxygen atoms in total. The highest BCUT2D eigenvalue weighted by Gasteiger charge is 2.16. The van der Waals surface area contributed by atoms with E-state index in [-0.39, 0.29) is 11.4 Å². The maximum Gasteiger partial charge on any atom is 0.352 e. The molecule has 0 bridgehead atoms. The number of nitrogens with zero attached hydrogens (tertiary/aromatic N) is 2. The van der Waals surface area contributed by atoms with Crippen LogP contribution in [-0.2, 0) is 14.1 Å². The van der Waals surface area contributed by atoms with Gasteiger partial charge in [0, 0.05) is 36.8 Å². The Kier molecular flexibility index (Phi) is 2.57. The third kappa shape index (κ3) is 1.67. The van der Waals surface area contributed by atoms with Crippen molar-refractivity contribution < 1.29 is 15.0 Å². The van der Waals surface area contributed by atoms with E-state index >= 15 is 0 Å². The Hall–Kier alpha value is -2.69. The normalized spacial score (nSPS) is 11.1. The van der Waals surface area contributed by atoms with Gasteiger partial charge in [0.05, 0.1) is 5.69 Å². The van der Waals surface area contributed by atoms with Crippen molar-refractivity contribution in [2.45, 2.75) is 0 Å². The van der Waals surface area contributed by atoms with E-state index in [4.69, 9.17) is 5.11 Å². The molecular weight excluding hydrogens is 256 g/mol. The third-order valence-electron chi connectivity index (χ3n) is 3.59. The molecule has 20 heavy (non-hydrogen) atoms. The quantitative estimate of drug-likeness (QED) is 0.752. The summed E-state index contributed by atoms with van der Waals surface area (Å²) in [5, 5.41) is 19.7. The van der Waals surface area contributed by atoms with Crippen molar-refractivity contribution in [1.29, 1.82) is 0 Å². The number of phenols is 1. The number of aryl methyl sites for hydroxylation is 1. The molecule has 5 heteroatoms. The lowest BCUT2D eigenvalue weighted by Crippen LogP contribution is -2.04. The number of hydrogen-bond acceptors (Lipinski definition) is 2. The van der Waals surface area contributed by atoms with Crippen LogP contribution in [0.3, 0.4) is 0 Å². The minimum absolute atomic E-state index is 0.192. The smallest absolute Gasteiger partial charge is 0.352 e. The number of hydrogen-bond donors (Lipinski definition) is 2. The Morgan fingerprint density at radius 2 is 1.90 bits per heavy atom. The Morgan fingerprint density at radius 1 is 1.15 bits per heavy atom. The van der Waals surface area contributed by atoms with Crippen molar-refractivity contribution in [3.05, 3.63) is 42.2 Å². The first kappa shape index (κ1) is 12.3. The number of carboxylic acids is 1. The minimum Gasteiger partial charge on any atom is -0.508 e. The molecule has 0 atom stereocenters. The van der Waals surface area contributed by atoms with Crippen LogP contribution in [0.1, 0.15) is 10.5 Å². The van der Waals surface area contributed by atoms with Crippen molar-refractivity contribution in [1.82, 2.24) is 9.13 Å². The largest absolute Gasteiger partial charge is 0.508 e. The van der Waals surface area contributed by atoms with E-state index in [0.717, 1.165) is 22.2 Å². The molecule has 2 aromatic heterocycles. The number of rotatable bonds is 2. The molecule has 0 saturated carbocycles. The van der Waals surface area contributed by atoms with Crippen LogP contribution in [0.2, 0.25) is 0 Å². The first-order valence-corrected chi connectivity index (χ1v) is 6.16. The second kappa shape index (κ2) is 4.16. The number of carboxylic acid groups (broad SMARTS) is 1. The van der Waals surface area contributed by atoms with Crippen molar-refractivity contribution in [3.8, 4) is 17.0 Å². The zero-order valence-corrected chi connectivity index (χ0v) is 11.2. The van der Waals surface area contributed by atoms with Gasteiger partial charge in [-0.05, 0) is 30.3 Å². The van der Waals surface area contributed by atoms with Gasteiger partial charge < -0.3 is 19.3 Å². The summed E-state index contributed by atoms with van der Waals surface area (Å²) < 4.78 is 3.60. The zero-order chi connectivity index (χ0) is 14.4. The van der Waals surface area contributed by atoms with Crippen LogP contribution < -0.4 is 0 Å².